The second-order valence-electron chi connectivity index (χ2n) is 5.48. The lowest BCUT2D eigenvalue weighted by Gasteiger charge is -2.12. The van der Waals surface area contributed by atoms with E-state index in [0.29, 0.717) is 6.54 Å². The lowest BCUT2D eigenvalue weighted by molar-refractivity contribution is 0.716. The molecule has 0 aromatic carbocycles. The van der Waals surface area contributed by atoms with Crippen LogP contribution in [0.25, 0.3) is 0 Å². The average Bonchev–Trinajstić information content (AvgIpc) is 3.26. The summed E-state index contributed by atoms with van der Waals surface area (Å²) in [7, 11) is 1.98. The Morgan fingerprint density at radius 3 is 2.81 bits per heavy atom. The van der Waals surface area contributed by atoms with Crippen LogP contribution in [0.2, 0.25) is 0 Å². The summed E-state index contributed by atoms with van der Waals surface area (Å²) in [5, 5.41) is 15.0. The van der Waals surface area contributed by atoms with Gasteiger partial charge in [-0.1, -0.05) is 0 Å². The first-order valence-electron chi connectivity index (χ1n) is 7.56. The molecule has 0 amide bonds. The van der Waals surface area contributed by atoms with E-state index >= 15 is 0 Å². The van der Waals surface area contributed by atoms with Crippen LogP contribution in [-0.2, 0) is 13.6 Å². The second-order valence-corrected chi connectivity index (χ2v) is 6.47. The van der Waals surface area contributed by atoms with E-state index in [0.717, 1.165) is 43.0 Å². The van der Waals surface area contributed by atoms with E-state index < -0.39 is 0 Å². The van der Waals surface area contributed by atoms with Crippen LogP contribution in [0.5, 0.6) is 0 Å². The number of rotatable bonds is 8. The molecule has 7 heteroatoms. The predicted octanol–water partition coefficient (Wildman–Crippen LogP) is 1.32. The van der Waals surface area contributed by atoms with Gasteiger partial charge in [0.25, 0.3) is 0 Å². The molecule has 0 radical (unpaired) electrons. The van der Waals surface area contributed by atoms with Crippen molar-refractivity contribution in [3.63, 3.8) is 0 Å². The number of guanidine groups is 1. The third-order valence-corrected chi connectivity index (χ3v) is 4.33. The number of aromatic nitrogens is 3. The Bertz CT molecular complexity index is 466. The molecule has 6 nitrogen and oxygen atoms in total. The molecule has 1 aliphatic carbocycles. The SMILES string of the molecule is CSCCCNC(=NCc1nnc(C)n1C)NCC1CC1. The third-order valence-electron chi connectivity index (χ3n) is 3.63. The minimum atomic E-state index is 0.555. The molecule has 21 heavy (non-hydrogen) atoms. The summed E-state index contributed by atoms with van der Waals surface area (Å²) < 4.78 is 1.98. The average molecular weight is 310 g/mol. The Kier molecular flexibility index (Phi) is 6.35. The summed E-state index contributed by atoms with van der Waals surface area (Å²) in [6.07, 6.45) is 5.97. The normalized spacial score (nSPS) is 15.3. The molecule has 118 valence electrons. The summed E-state index contributed by atoms with van der Waals surface area (Å²) in [6, 6.07) is 0. The third kappa shape index (κ3) is 5.57. The van der Waals surface area contributed by atoms with Crippen molar-refractivity contribution in [2.24, 2.45) is 18.0 Å². The molecule has 0 spiro atoms. The fourth-order valence-electron chi connectivity index (χ4n) is 1.90. The predicted molar refractivity (Wildman–Crippen MR) is 88.6 cm³/mol. The molecule has 0 saturated heterocycles. The molecule has 1 aromatic heterocycles. The summed E-state index contributed by atoms with van der Waals surface area (Å²) in [5.41, 5.74) is 0. The Labute approximate surface area is 131 Å². The molecule has 0 unspecified atom stereocenters. The van der Waals surface area contributed by atoms with Gasteiger partial charge in [-0.05, 0) is 44.1 Å². The van der Waals surface area contributed by atoms with Gasteiger partial charge in [-0.25, -0.2) is 4.99 Å². The first kappa shape index (κ1) is 16.1. The van der Waals surface area contributed by atoms with Crippen LogP contribution in [0.4, 0.5) is 0 Å². The van der Waals surface area contributed by atoms with Crippen LogP contribution in [0.1, 0.15) is 30.9 Å². The van der Waals surface area contributed by atoms with Crippen LogP contribution < -0.4 is 10.6 Å². The number of nitrogens with zero attached hydrogens (tertiary/aromatic N) is 4. The standard InChI is InChI=1S/C14H26N6S/c1-11-18-19-13(20(11)2)10-17-14(15-7-4-8-21-3)16-9-12-5-6-12/h12H,4-10H2,1-3H3,(H2,15,16,17). The van der Waals surface area contributed by atoms with E-state index in [1.54, 1.807) is 0 Å². The van der Waals surface area contributed by atoms with Crippen LogP contribution in [0.3, 0.4) is 0 Å². The molecule has 1 fully saturated rings. The molecule has 0 bridgehead atoms. The van der Waals surface area contributed by atoms with E-state index in [1.165, 1.54) is 18.6 Å². The number of hydrogen-bond donors (Lipinski definition) is 2. The summed E-state index contributed by atoms with van der Waals surface area (Å²) in [4.78, 5) is 4.63. The fourth-order valence-corrected chi connectivity index (χ4v) is 2.33. The van der Waals surface area contributed by atoms with Gasteiger partial charge < -0.3 is 15.2 Å². The Morgan fingerprint density at radius 2 is 2.19 bits per heavy atom. The number of nitrogens with one attached hydrogen (secondary N) is 2. The zero-order valence-electron chi connectivity index (χ0n) is 13.2. The smallest absolute Gasteiger partial charge is 0.191 e. The highest BCUT2D eigenvalue weighted by molar-refractivity contribution is 7.98. The second kappa shape index (κ2) is 8.26. The Balaban J connectivity index is 1.85. The minimum absolute atomic E-state index is 0.555. The Hall–Kier alpha value is -1.24. The number of aryl methyl sites for hydroxylation is 1. The van der Waals surface area contributed by atoms with Crippen molar-refractivity contribution in [1.29, 1.82) is 0 Å². The van der Waals surface area contributed by atoms with Gasteiger partial charge in [-0.2, -0.15) is 11.8 Å². The van der Waals surface area contributed by atoms with E-state index in [1.807, 2.05) is 30.3 Å². The van der Waals surface area contributed by atoms with Crippen LogP contribution in [0.15, 0.2) is 4.99 Å². The van der Waals surface area contributed by atoms with Gasteiger partial charge >= 0.3 is 0 Å². The van der Waals surface area contributed by atoms with Crippen molar-refractivity contribution in [1.82, 2.24) is 25.4 Å². The molecule has 1 aromatic rings. The van der Waals surface area contributed by atoms with Crippen LogP contribution in [-0.4, -0.2) is 45.8 Å². The minimum Gasteiger partial charge on any atom is -0.356 e. The first-order chi connectivity index (χ1) is 10.2. The van der Waals surface area contributed by atoms with E-state index in [2.05, 4.69) is 32.1 Å². The molecule has 1 aliphatic rings. The van der Waals surface area contributed by atoms with Crippen molar-refractivity contribution in [2.45, 2.75) is 32.7 Å². The maximum absolute atomic E-state index is 4.63. The Morgan fingerprint density at radius 1 is 1.38 bits per heavy atom. The summed E-state index contributed by atoms with van der Waals surface area (Å²) >= 11 is 1.87. The fraction of sp³-hybridized carbons (Fsp3) is 0.786. The number of hydrogen-bond acceptors (Lipinski definition) is 4. The maximum atomic E-state index is 4.63. The molecule has 2 rings (SSSR count). The quantitative estimate of drug-likeness (QED) is 0.431. The van der Waals surface area contributed by atoms with Gasteiger partial charge in [-0.15, -0.1) is 10.2 Å². The zero-order chi connectivity index (χ0) is 15.1. The van der Waals surface area contributed by atoms with E-state index in [9.17, 15) is 0 Å². The first-order valence-corrected chi connectivity index (χ1v) is 8.96. The van der Waals surface area contributed by atoms with Gasteiger partial charge in [0.15, 0.2) is 11.8 Å². The van der Waals surface area contributed by atoms with Gasteiger partial charge in [0.1, 0.15) is 12.4 Å². The largest absolute Gasteiger partial charge is 0.356 e. The monoisotopic (exact) mass is 310 g/mol. The highest BCUT2D eigenvalue weighted by Crippen LogP contribution is 2.27. The van der Waals surface area contributed by atoms with Gasteiger partial charge in [-0.3, -0.25) is 0 Å². The van der Waals surface area contributed by atoms with E-state index in [-0.39, 0.29) is 0 Å². The van der Waals surface area contributed by atoms with Crippen molar-refractivity contribution >= 4 is 17.7 Å². The van der Waals surface area contributed by atoms with Crippen LogP contribution in [0, 0.1) is 12.8 Å². The maximum Gasteiger partial charge on any atom is 0.191 e. The molecule has 1 saturated carbocycles. The van der Waals surface area contributed by atoms with Gasteiger partial charge in [0.2, 0.25) is 0 Å². The van der Waals surface area contributed by atoms with Crippen molar-refractivity contribution in [3.05, 3.63) is 11.6 Å². The van der Waals surface area contributed by atoms with Gasteiger partial charge in [0.05, 0.1) is 0 Å². The summed E-state index contributed by atoms with van der Waals surface area (Å²) in [6.45, 7) is 4.48. The highest BCUT2D eigenvalue weighted by atomic mass is 32.2. The van der Waals surface area contributed by atoms with Gasteiger partial charge in [0, 0.05) is 20.1 Å². The summed E-state index contributed by atoms with van der Waals surface area (Å²) in [5.74, 6) is 4.71. The zero-order valence-corrected chi connectivity index (χ0v) is 14.0. The topological polar surface area (TPSA) is 67.1 Å². The number of aliphatic imine (C=N–C) groups is 1. The van der Waals surface area contributed by atoms with Crippen molar-refractivity contribution < 1.29 is 0 Å². The molecule has 2 N–H and O–H groups in total. The van der Waals surface area contributed by atoms with Crippen molar-refractivity contribution in [2.75, 3.05) is 25.1 Å². The lowest BCUT2D eigenvalue weighted by Crippen LogP contribution is -2.39. The number of thioether (sulfide) groups is 1. The molecule has 0 atom stereocenters. The molecular weight excluding hydrogens is 284 g/mol. The lowest BCUT2D eigenvalue weighted by atomic mass is 10.4. The highest BCUT2D eigenvalue weighted by Gasteiger charge is 2.21. The molecular formula is C14H26N6S. The van der Waals surface area contributed by atoms with Crippen LogP contribution >= 0.6 is 11.8 Å². The molecule has 1 heterocycles. The van der Waals surface area contributed by atoms with E-state index in [4.69, 9.17) is 0 Å². The molecule has 0 aliphatic heterocycles. The van der Waals surface area contributed by atoms with Crippen molar-refractivity contribution in [3.8, 4) is 0 Å².